The van der Waals surface area contributed by atoms with Gasteiger partial charge in [0.05, 0.1) is 11.9 Å². The minimum atomic E-state index is -3.28. The molecule has 0 aliphatic carbocycles. The van der Waals surface area contributed by atoms with E-state index in [1.165, 1.54) is 11.1 Å². The normalized spacial score (nSPS) is 11.0. The molecule has 0 aromatic heterocycles. The third-order valence-electron chi connectivity index (χ3n) is 4.31. The van der Waals surface area contributed by atoms with Crippen molar-refractivity contribution >= 4 is 33.0 Å². The lowest BCUT2D eigenvalue weighted by Gasteiger charge is -2.19. The minimum Gasteiger partial charge on any atom is -0.359 e. The summed E-state index contributed by atoms with van der Waals surface area (Å²) in [6.07, 6.45) is 2.89. The van der Waals surface area contributed by atoms with E-state index in [9.17, 15) is 8.42 Å². The molecule has 2 aromatic carbocycles. The zero-order valence-electron chi connectivity index (χ0n) is 19.4. The summed E-state index contributed by atoms with van der Waals surface area (Å²) in [7, 11) is -3.28. The molecule has 0 aliphatic heterocycles. The molecule has 0 saturated carbocycles. The third kappa shape index (κ3) is 10.5. The molecule has 0 saturated heterocycles. The number of rotatable bonds is 6. The van der Waals surface area contributed by atoms with Crippen molar-refractivity contribution in [2.75, 3.05) is 11.0 Å². The Morgan fingerprint density at radius 2 is 1.52 bits per heavy atom. The first-order chi connectivity index (χ1) is 14.4. The first kappa shape index (κ1) is 26.7. The van der Waals surface area contributed by atoms with Gasteiger partial charge in [-0.1, -0.05) is 63.2 Å². The summed E-state index contributed by atoms with van der Waals surface area (Å²) in [5, 5.41) is 6.97. The molecular weight excluding hydrogens is 426 g/mol. The van der Waals surface area contributed by atoms with E-state index in [1.807, 2.05) is 26.0 Å². The SMILES string of the molecule is C=CC.Cc1cc(CNC(=S)NCc2ccc(C(C)(C)C)cc2)ccc1NS(C)(=O)=O. The van der Waals surface area contributed by atoms with Crippen LogP contribution in [0.2, 0.25) is 0 Å². The maximum absolute atomic E-state index is 11.4. The average molecular weight is 462 g/mol. The zero-order chi connectivity index (χ0) is 23.7. The predicted octanol–water partition coefficient (Wildman–Crippen LogP) is 5.02. The van der Waals surface area contributed by atoms with Crippen LogP contribution in [0.1, 0.15) is 49.9 Å². The number of aryl methyl sites for hydroxylation is 1. The summed E-state index contributed by atoms with van der Waals surface area (Å²) < 4.78 is 25.2. The number of hydrogen-bond donors (Lipinski definition) is 3. The molecule has 0 heterocycles. The fourth-order valence-electron chi connectivity index (χ4n) is 2.70. The minimum absolute atomic E-state index is 0.146. The number of thiocarbonyl (C=S) groups is 1. The largest absolute Gasteiger partial charge is 0.359 e. The summed E-state index contributed by atoms with van der Waals surface area (Å²) in [5.41, 5.74) is 5.10. The van der Waals surface area contributed by atoms with Crippen molar-refractivity contribution in [1.82, 2.24) is 10.6 Å². The van der Waals surface area contributed by atoms with Crippen LogP contribution in [0.3, 0.4) is 0 Å². The molecule has 170 valence electrons. The van der Waals surface area contributed by atoms with Crippen LogP contribution in [0.5, 0.6) is 0 Å². The predicted molar refractivity (Wildman–Crippen MR) is 137 cm³/mol. The second kappa shape index (κ2) is 11.9. The smallest absolute Gasteiger partial charge is 0.229 e. The van der Waals surface area contributed by atoms with Crippen LogP contribution in [0.4, 0.5) is 5.69 Å². The lowest BCUT2D eigenvalue weighted by Crippen LogP contribution is -2.34. The van der Waals surface area contributed by atoms with Gasteiger partial charge in [-0.3, -0.25) is 4.72 Å². The molecular formula is C24H35N3O2S2. The van der Waals surface area contributed by atoms with E-state index in [0.29, 0.717) is 23.9 Å². The monoisotopic (exact) mass is 461 g/mol. The molecule has 0 unspecified atom stereocenters. The van der Waals surface area contributed by atoms with Gasteiger partial charge in [-0.25, -0.2) is 8.42 Å². The quantitative estimate of drug-likeness (QED) is 0.416. The summed E-state index contributed by atoms with van der Waals surface area (Å²) in [6.45, 7) is 14.9. The zero-order valence-corrected chi connectivity index (χ0v) is 21.0. The van der Waals surface area contributed by atoms with E-state index in [4.69, 9.17) is 12.2 Å². The second-order valence-corrected chi connectivity index (χ2v) is 10.6. The maximum atomic E-state index is 11.4. The van der Waals surface area contributed by atoms with Gasteiger partial charge in [-0.15, -0.1) is 6.58 Å². The van der Waals surface area contributed by atoms with E-state index in [-0.39, 0.29) is 5.41 Å². The van der Waals surface area contributed by atoms with Gasteiger partial charge in [0.1, 0.15) is 0 Å². The van der Waals surface area contributed by atoms with Crippen molar-refractivity contribution in [1.29, 1.82) is 0 Å². The van der Waals surface area contributed by atoms with Gasteiger partial charge in [0, 0.05) is 13.1 Å². The summed E-state index contributed by atoms with van der Waals surface area (Å²) in [5.74, 6) is 0. The summed E-state index contributed by atoms with van der Waals surface area (Å²) in [6, 6.07) is 14.1. The van der Waals surface area contributed by atoms with Gasteiger partial charge in [-0.05, 0) is 59.8 Å². The lowest BCUT2D eigenvalue weighted by atomic mass is 9.87. The molecule has 0 bridgehead atoms. The van der Waals surface area contributed by atoms with Crippen LogP contribution >= 0.6 is 12.2 Å². The van der Waals surface area contributed by atoms with Crippen LogP contribution in [0.25, 0.3) is 0 Å². The topological polar surface area (TPSA) is 70.2 Å². The van der Waals surface area contributed by atoms with Crippen LogP contribution in [0, 0.1) is 6.92 Å². The van der Waals surface area contributed by atoms with E-state index in [1.54, 1.807) is 12.1 Å². The molecule has 2 aromatic rings. The van der Waals surface area contributed by atoms with E-state index in [0.717, 1.165) is 17.4 Å². The fourth-order valence-corrected chi connectivity index (χ4v) is 3.47. The Morgan fingerprint density at radius 3 is 1.97 bits per heavy atom. The van der Waals surface area contributed by atoms with Crippen LogP contribution in [0.15, 0.2) is 55.1 Å². The van der Waals surface area contributed by atoms with Crippen molar-refractivity contribution < 1.29 is 8.42 Å². The van der Waals surface area contributed by atoms with Crippen molar-refractivity contribution in [2.24, 2.45) is 0 Å². The molecule has 7 heteroatoms. The maximum Gasteiger partial charge on any atom is 0.229 e. The highest BCUT2D eigenvalue weighted by molar-refractivity contribution is 7.92. The average Bonchev–Trinajstić information content (AvgIpc) is 2.66. The highest BCUT2D eigenvalue weighted by atomic mass is 32.2. The molecule has 0 spiro atoms. The molecule has 2 rings (SSSR count). The number of allylic oxidation sites excluding steroid dienone is 1. The molecule has 0 aliphatic rings. The van der Waals surface area contributed by atoms with Gasteiger partial charge in [0.15, 0.2) is 5.11 Å². The van der Waals surface area contributed by atoms with Crippen LogP contribution in [-0.4, -0.2) is 19.8 Å². The van der Waals surface area contributed by atoms with E-state index >= 15 is 0 Å². The molecule has 31 heavy (non-hydrogen) atoms. The van der Waals surface area contributed by atoms with Crippen LogP contribution < -0.4 is 15.4 Å². The van der Waals surface area contributed by atoms with E-state index < -0.39 is 10.0 Å². The highest BCUT2D eigenvalue weighted by Crippen LogP contribution is 2.22. The number of anilines is 1. The standard InChI is InChI=1S/C21H29N3O2S2.C3H6/c1-15-12-17(8-11-19(15)24-28(5,25)26)14-23-20(27)22-13-16-6-9-18(10-7-16)21(2,3)4;1-3-2/h6-12,24H,13-14H2,1-5H3,(H2,22,23,27);3H,1H2,2H3. The first-order valence-electron chi connectivity index (χ1n) is 10.1. The summed E-state index contributed by atoms with van der Waals surface area (Å²) in [4.78, 5) is 0. The Hall–Kier alpha value is -2.38. The van der Waals surface area contributed by atoms with Crippen molar-refractivity contribution in [3.05, 3.63) is 77.4 Å². The van der Waals surface area contributed by atoms with Crippen LogP contribution in [-0.2, 0) is 28.5 Å². The Balaban J connectivity index is 0.00000151. The van der Waals surface area contributed by atoms with Gasteiger partial charge in [-0.2, -0.15) is 0 Å². The molecule has 0 radical (unpaired) electrons. The third-order valence-corrected chi connectivity index (χ3v) is 5.19. The number of sulfonamides is 1. The molecule has 0 amide bonds. The van der Waals surface area contributed by atoms with Crippen molar-refractivity contribution in [3.63, 3.8) is 0 Å². The van der Waals surface area contributed by atoms with Gasteiger partial charge < -0.3 is 10.6 Å². The Kier molecular flexibility index (Phi) is 10.2. The molecule has 5 nitrogen and oxygen atoms in total. The molecule has 0 atom stereocenters. The molecule has 0 fully saturated rings. The Morgan fingerprint density at radius 1 is 1.03 bits per heavy atom. The lowest BCUT2D eigenvalue weighted by molar-refractivity contribution is 0.590. The fraction of sp³-hybridized carbons (Fsp3) is 0.375. The van der Waals surface area contributed by atoms with Gasteiger partial charge >= 0.3 is 0 Å². The Bertz CT molecular complexity index is 977. The summed E-state index contributed by atoms with van der Waals surface area (Å²) >= 11 is 5.35. The number of hydrogen-bond acceptors (Lipinski definition) is 3. The molecule has 3 N–H and O–H groups in total. The van der Waals surface area contributed by atoms with Gasteiger partial charge in [0.25, 0.3) is 0 Å². The van der Waals surface area contributed by atoms with Gasteiger partial charge in [0.2, 0.25) is 10.0 Å². The first-order valence-corrected chi connectivity index (χ1v) is 12.4. The van der Waals surface area contributed by atoms with Crippen molar-refractivity contribution in [3.8, 4) is 0 Å². The van der Waals surface area contributed by atoms with E-state index in [2.05, 4.69) is 67.0 Å². The second-order valence-electron chi connectivity index (χ2n) is 8.41. The number of nitrogens with one attached hydrogen (secondary N) is 3. The Labute approximate surface area is 193 Å². The van der Waals surface area contributed by atoms with Crippen molar-refractivity contribution in [2.45, 2.75) is 53.1 Å². The highest BCUT2D eigenvalue weighted by Gasteiger charge is 2.12. The number of benzene rings is 2.